The van der Waals surface area contributed by atoms with E-state index < -0.39 is 11.8 Å². The van der Waals surface area contributed by atoms with Crippen molar-refractivity contribution in [2.45, 2.75) is 13.8 Å². The molecule has 0 spiro atoms. The van der Waals surface area contributed by atoms with E-state index in [1.165, 1.54) is 0 Å². The average Bonchev–Trinajstić information content (AvgIpc) is 1.64. The van der Waals surface area contributed by atoms with Gasteiger partial charge in [0.2, 0.25) is 18.2 Å². The molecule has 0 aromatic heterocycles. The molecule has 4 heteroatoms. The third kappa shape index (κ3) is 2.03. The molecule has 0 heterocycles. The summed E-state index contributed by atoms with van der Waals surface area (Å²) in [6.45, 7) is 2.30. The zero-order valence-electron chi connectivity index (χ0n) is 5.25. The van der Waals surface area contributed by atoms with Crippen molar-refractivity contribution in [3.63, 3.8) is 0 Å². The predicted octanol–water partition coefficient (Wildman–Crippen LogP) is -0.462. The topological polar surface area (TPSA) is 54.5 Å². The quantitative estimate of drug-likeness (QED) is 0.450. The predicted molar refractivity (Wildman–Crippen MR) is 29.3 cm³/mol. The van der Waals surface area contributed by atoms with Gasteiger partial charge in [-0.25, -0.2) is 4.90 Å². The zero-order chi connectivity index (χ0) is 7.44. The minimum atomic E-state index is -0.558. The van der Waals surface area contributed by atoms with Crippen LogP contribution in [0.25, 0.3) is 0 Å². The van der Waals surface area contributed by atoms with Crippen molar-refractivity contribution in [1.29, 1.82) is 0 Å². The average molecular weight is 129 g/mol. The first kappa shape index (κ1) is 7.81. The number of carbonyl (C=O) groups is 3. The Labute approximate surface area is 52.4 Å². The summed E-state index contributed by atoms with van der Waals surface area (Å²) in [6, 6.07) is 0. The Morgan fingerprint density at radius 2 is 1.56 bits per heavy atom. The van der Waals surface area contributed by atoms with Crippen molar-refractivity contribution in [3.8, 4) is 0 Å². The molecule has 4 nitrogen and oxygen atoms in total. The molecule has 0 aromatic rings. The van der Waals surface area contributed by atoms with Crippen LogP contribution >= 0.6 is 0 Å². The lowest BCUT2D eigenvalue weighted by Gasteiger charge is -2.05. The van der Waals surface area contributed by atoms with E-state index in [4.69, 9.17) is 0 Å². The lowest BCUT2D eigenvalue weighted by atomic mass is 10.5. The smallest absolute Gasteiger partial charge is 0.232 e. The number of imide groups is 3. The summed E-state index contributed by atoms with van der Waals surface area (Å²) in [5.74, 6) is -1.12. The van der Waals surface area contributed by atoms with Crippen LogP contribution in [-0.4, -0.2) is 23.1 Å². The summed E-state index contributed by atoms with van der Waals surface area (Å²) in [5, 5.41) is 0. The van der Waals surface area contributed by atoms with Gasteiger partial charge in [-0.1, -0.05) is 0 Å². The summed E-state index contributed by atoms with van der Waals surface area (Å²) in [7, 11) is 0. The number of amides is 3. The molecule has 0 N–H and O–H groups in total. The van der Waals surface area contributed by atoms with E-state index >= 15 is 0 Å². The largest absolute Gasteiger partial charge is 0.278 e. The van der Waals surface area contributed by atoms with Crippen LogP contribution in [0.5, 0.6) is 0 Å². The van der Waals surface area contributed by atoms with Crippen molar-refractivity contribution in [2.75, 3.05) is 0 Å². The number of hydrogen-bond donors (Lipinski definition) is 0. The van der Waals surface area contributed by atoms with Crippen molar-refractivity contribution in [1.82, 2.24) is 4.90 Å². The lowest BCUT2D eigenvalue weighted by Crippen LogP contribution is -2.31. The molecule has 0 bridgehead atoms. The van der Waals surface area contributed by atoms with Gasteiger partial charge in [0.05, 0.1) is 0 Å². The van der Waals surface area contributed by atoms with Crippen LogP contribution in [0.2, 0.25) is 0 Å². The van der Waals surface area contributed by atoms with Crippen LogP contribution in [0.1, 0.15) is 13.8 Å². The second-order valence-electron chi connectivity index (χ2n) is 1.51. The standard InChI is InChI=1S/C5H7NO3/c1-4(8)6(3-7)5(2)9/h3H,1-2H3. The number of carbonyl (C=O) groups excluding carboxylic acids is 3. The Morgan fingerprint density at radius 1 is 1.22 bits per heavy atom. The van der Waals surface area contributed by atoms with E-state index in [0.29, 0.717) is 4.90 Å². The highest BCUT2D eigenvalue weighted by atomic mass is 16.2. The summed E-state index contributed by atoms with van der Waals surface area (Å²) in [6.07, 6.45) is 0.199. The Balaban J connectivity index is 4.16. The van der Waals surface area contributed by atoms with Gasteiger partial charge in [-0.2, -0.15) is 0 Å². The van der Waals surface area contributed by atoms with Crippen LogP contribution in [0.4, 0.5) is 0 Å². The molecular formula is C5H7NO3. The highest BCUT2D eigenvalue weighted by molar-refractivity contribution is 6.02. The van der Waals surface area contributed by atoms with E-state index in [1.54, 1.807) is 0 Å². The SMILES string of the molecule is CC(=O)N(C=O)C(C)=O. The molecular weight excluding hydrogens is 122 g/mol. The summed E-state index contributed by atoms with van der Waals surface area (Å²) < 4.78 is 0. The van der Waals surface area contributed by atoms with Crippen LogP contribution in [0.15, 0.2) is 0 Å². The first-order chi connectivity index (χ1) is 4.09. The molecule has 0 atom stereocenters. The molecule has 50 valence electrons. The van der Waals surface area contributed by atoms with Crippen molar-refractivity contribution >= 4 is 18.2 Å². The van der Waals surface area contributed by atoms with E-state index in [-0.39, 0.29) is 6.41 Å². The van der Waals surface area contributed by atoms with Gasteiger partial charge in [0.25, 0.3) is 0 Å². The van der Waals surface area contributed by atoms with Gasteiger partial charge in [-0.3, -0.25) is 14.4 Å². The van der Waals surface area contributed by atoms with E-state index in [2.05, 4.69) is 0 Å². The second-order valence-corrected chi connectivity index (χ2v) is 1.51. The molecule has 0 rings (SSSR count). The molecule has 9 heavy (non-hydrogen) atoms. The van der Waals surface area contributed by atoms with E-state index in [1.807, 2.05) is 0 Å². The van der Waals surface area contributed by atoms with E-state index in [0.717, 1.165) is 13.8 Å². The Morgan fingerprint density at radius 3 is 1.56 bits per heavy atom. The summed E-state index contributed by atoms with van der Waals surface area (Å²) in [5.41, 5.74) is 0. The highest BCUT2D eigenvalue weighted by Crippen LogP contribution is 1.83. The Kier molecular flexibility index (Phi) is 2.57. The van der Waals surface area contributed by atoms with Crippen LogP contribution in [-0.2, 0) is 14.4 Å². The molecule has 0 aliphatic heterocycles. The molecule has 0 saturated heterocycles. The maximum absolute atomic E-state index is 10.3. The summed E-state index contributed by atoms with van der Waals surface area (Å²) >= 11 is 0. The monoisotopic (exact) mass is 129 g/mol. The van der Waals surface area contributed by atoms with Gasteiger partial charge in [-0.15, -0.1) is 0 Å². The normalized spacial score (nSPS) is 8.22. The Hall–Kier alpha value is -1.19. The molecule has 0 saturated carbocycles. The summed E-state index contributed by atoms with van der Waals surface area (Å²) in [4.78, 5) is 31.0. The van der Waals surface area contributed by atoms with Crippen molar-refractivity contribution < 1.29 is 14.4 Å². The lowest BCUT2D eigenvalue weighted by molar-refractivity contribution is -0.146. The maximum atomic E-state index is 10.3. The van der Waals surface area contributed by atoms with Gasteiger partial charge >= 0.3 is 0 Å². The van der Waals surface area contributed by atoms with Crippen molar-refractivity contribution in [3.05, 3.63) is 0 Å². The molecule has 0 radical (unpaired) electrons. The second kappa shape index (κ2) is 2.96. The Bertz CT molecular complexity index is 138. The fourth-order valence-corrected chi connectivity index (χ4v) is 0.370. The van der Waals surface area contributed by atoms with Crippen molar-refractivity contribution in [2.24, 2.45) is 0 Å². The van der Waals surface area contributed by atoms with Gasteiger partial charge < -0.3 is 0 Å². The van der Waals surface area contributed by atoms with Gasteiger partial charge in [0.1, 0.15) is 0 Å². The minimum Gasteiger partial charge on any atom is -0.278 e. The first-order valence-corrected chi connectivity index (χ1v) is 2.35. The van der Waals surface area contributed by atoms with E-state index in [9.17, 15) is 14.4 Å². The molecule has 0 aliphatic carbocycles. The van der Waals surface area contributed by atoms with Gasteiger partial charge in [0, 0.05) is 13.8 Å². The van der Waals surface area contributed by atoms with Crippen LogP contribution in [0.3, 0.4) is 0 Å². The number of hydrogen-bond acceptors (Lipinski definition) is 3. The fourth-order valence-electron chi connectivity index (χ4n) is 0.370. The third-order valence-corrected chi connectivity index (χ3v) is 0.784. The molecule has 3 amide bonds. The minimum absolute atomic E-state index is 0.199. The van der Waals surface area contributed by atoms with Gasteiger partial charge in [-0.05, 0) is 0 Å². The number of rotatable bonds is 1. The third-order valence-electron chi connectivity index (χ3n) is 0.784. The molecule has 0 unspecified atom stereocenters. The molecule has 0 aliphatic rings. The highest BCUT2D eigenvalue weighted by Gasteiger charge is 2.10. The van der Waals surface area contributed by atoms with Crippen LogP contribution < -0.4 is 0 Å². The first-order valence-electron chi connectivity index (χ1n) is 2.35. The number of nitrogens with zero attached hydrogens (tertiary/aromatic N) is 1. The fraction of sp³-hybridized carbons (Fsp3) is 0.400. The molecule has 0 aromatic carbocycles. The van der Waals surface area contributed by atoms with Crippen LogP contribution in [0, 0.1) is 0 Å². The zero-order valence-corrected chi connectivity index (χ0v) is 5.25. The van der Waals surface area contributed by atoms with Gasteiger partial charge in [0.15, 0.2) is 0 Å². The molecule has 0 fully saturated rings. The maximum Gasteiger partial charge on any atom is 0.232 e.